The summed E-state index contributed by atoms with van der Waals surface area (Å²) in [5.41, 5.74) is 3.31. The minimum absolute atomic E-state index is 0.207. The maximum Gasteiger partial charge on any atom is 0.123 e. The molecule has 0 saturated carbocycles. The van der Waals surface area contributed by atoms with Crippen LogP contribution in [-0.2, 0) is 13.1 Å². The molecule has 3 aromatic rings. The molecule has 0 unspecified atom stereocenters. The quantitative estimate of drug-likeness (QED) is 0.773. The molecule has 0 amide bonds. The van der Waals surface area contributed by atoms with Gasteiger partial charge in [-0.1, -0.05) is 24.3 Å². The number of rotatable bonds is 5. The van der Waals surface area contributed by atoms with Crippen LogP contribution in [0.4, 0.5) is 10.1 Å². The van der Waals surface area contributed by atoms with E-state index in [1.54, 1.807) is 24.7 Å². The first-order valence-electron chi connectivity index (χ1n) is 6.82. The maximum atomic E-state index is 12.9. The predicted octanol–water partition coefficient (Wildman–Crippen LogP) is 3.68. The third-order valence-electron chi connectivity index (χ3n) is 3.26. The Bertz CT molecular complexity index is 690. The summed E-state index contributed by atoms with van der Waals surface area (Å²) in [6.45, 7) is 1.47. The van der Waals surface area contributed by atoms with E-state index in [2.05, 4.69) is 22.4 Å². The lowest BCUT2D eigenvalue weighted by atomic mass is 10.2. The maximum absolute atomic E-state index is 12.9. The largest absolute Gasteiger partial charge is 0.381 e. The van der Waals surface area contributed by atoms with Crippen LogP contribution < -0.4 is 5.32 Å². The third-order valence-corrected chi connectivity index (χ3v) is 3.26. The molecule has 3 rings (SSSR count). The van der Waals surface area contributed by atoms with Crippen molar-refractivity contribution in [2.45, 2.75) is 13.1 Å². The van der Waals surface area contributed by atoms with Gasteiger partial charge in [0.15, 0.2) is 0 Å². The monoisotopic (exact) mass is 281 g/mol. The van der Waals surface area contributed by atoms with E-state index in [1.807, 2.05) is 22.9 Å². The molecule has 2 aromatic carbocycles. The van der Waals surface area contributed by atoms with Crippen molar-refractivity contribution in [3.63, 3.8) is 0 Å². The van der Waals surface area contributed by atoms with Crippen LogP contribution in [0.15, 0.2) is 67.3 Å². The van der Waals surface area contributed by atoms with Crippen molar-refractivity contribution in [1.82, 2.24) is 9.55 Å². The summed E-state index contributed by atoms with van der Waals surface area (Å²) in [5.74, 6) is -0.207. The number of aromatic nitrogens is 2. The van der Waals surface area contributed by atoms with Gasteiger partial charge < -0.3 is 9.88 Å². The Hall–Kier alpha value is -2.62. The molecular weight excluding hydrogens is 265 g/mol. The number of halogens is 1. The van der Waals surface area contributed by atoms with Gasteiger partial charge in [0.2, 0.25) is 0 Å². The zero-order chi connectivity index (χ0) is 14.5. The fraction of sp³-hybridized carbons (Fsp3) is 0.118. The first-order valence-corrected chi connectivity index (χ1v) is 6.82. The standard InChI is InChI=1S/C17H16FN3/c18-16-6-4-14(5-7-16)11-20-17-3-1-2-15(10-17)12-21-9-8-19-13-21/h1-10,13,20H,11-12H2. The highest BCUT2D eigenvalue weighted by molar-refractivity contribution is 5.46. The van der Waals surface area contributed by atoms with Gasteiger partial charge in [-0.05, 0) is 35.4 Å². The smallest absolute Gasteiger partial charge is 0.123 e. The van der Waals surface area contributed by atoms with Gasteiger partial charge >= 0.3 is 0 Å². The number of nitrogens with zero attached hydrogens (tertiary/aromatic N) is 2. The van der Waals surface area contributed by atoms with Gasteiger partial charge in [-0.3, -0.25) is 0 Å². The van der Waals surface area contributed by atoms with Crippen molar-refractivity contribution in [1.29, 1.82) is 0 Å². The van der Waals surface area contributed by atoms with Crippen molar-refractivity contribution >= 4 is 5.69 Å². The van der Waals surface area contributed by atoms with Crippen LogP contribution in [0.25, 0.3) is 0 Å². The highest BCUT2D eigenvalue weighted by Crippen LogP contribution is 2.13. The van der Waals surface area contributed by atoms with Crippen molar-refractivity contribution in [2.75, 3.05) is 5.32 Å². The Morgan fingerprint density at radius 3 is 2.67 bits per heavy atom. The van der Waals surface area contributed by atoms with Gasteiger partial charge in [0.05, 0.1) is 6.33 Å². The summed E-state index contributed by atoms with van der Waals surface area (Å²) in [4.78, 5) is 4.04. The van der Waals surface area contributed by atoms with Crippen LogP contribution in [0.2, 0.25) is 0 Å². The number of benzene rings is 2. The summed E-state index contributed by atoms with van der Waals surface area (Å²) in [5, 5.41) is 3.35. The van der Waals surface area contributed by atoms with Gasteiger partial charge in [-0.2, -0.15) is 0 Å². The first kappa shape index (κ1) is 13.4. The summed E-state index contributed by atoms with van der Waals surface area (Å²) >= 11 is 0. The van der Waals surface area contributed by atoms with E-state index in [1.165, 1.54) is 17.7 Å². The zero-order valence-electron chi connectivity index (χ0n) is 11.5. The van der Waals surface area contributed by atoms with E-state index in [0.29, 0.717) is 6.54 Å². The second-order valence-electron chi connectivity index (χ2n) is 4.92. The van der Waals surface area contributed by atoms with E-state index in [4.69, 9.17) is 0 Å². The normalized spacial score (nSPS) is 10.5. The Labute approximate surface area is 123 Å². The summed E-state index contributed by atoms with van der Waals surface area (Å²) in [6, 6.07) is 14.8. The molecule has 106 valence electrons. The zero-order valence-corrected chi connectivity index (χ0v) is 11.5. The van der Waals surface area contributed by atoms with Gasteiger partial charge in [0.1, 0.15) is 5.82 Å². The second-order valence-corrected chi connectivity index (χ2v) is 4.92. The van der Waals surface area contributed by atoms with Crippen LogP contribution in [0.5, 0.6) is 0 Å². The molecule has 0 atom stereocenters. The van der Waals surface area contributed by atoms with Crippen molar-refractivity contribution in [3.8, 4) is 0 Å². The van der Waals surface area contributed by atoms with Crippen molar-refractivity contribution in [3.05, 3.63) is 84.2 Å². The molecule has 21 heavy (non-hydrogen) atoms. The first-order chi connectivity index (χ1) is 10.3. The number of nitrogens with one attached hydrogen (secondary N) is 1. The van der Waals surface area contributed by atoms with Crippen molar-refractivity contribution < 1.29 is 4.39 Å². The lowest BCUT2D eigenvalue weighted by molar-refractivity contribution is 0.627. The van der Waals surface area contributed by atoms with Crippen LogP contribution in [0, 0.1) is 5.82 Å². The Kier molecular flexibility index (Phi) is 3.96. The number of hydrogen-bond acceptors (Lipinski definition) is 2. The molecule has 0 spiro atoms. The topological polar surface area (TPSA) is 29.9 Å². The minimum atomic E-state index is -0.207. The van der Waals surface area contributed by atoms with Crippen LogP contribution >= 0.6 is 0 Å². The van der Waals surface area contributed by atoms with Gasteiger partial charge in [-0.15, -0.1) is 0 Å². The average molecular weight is 281 g/mol. The molecule has 0 aliphatic rings. The second kappa shape index (κ2) is 6.22. The molecule has 0 bridgehead atoms. The Morgan fingerprint density at radius 2 is 1.90 bits per heavy atom. The van der Waals surface area contributed by atoms with E-state index in [-0.39, 0.29) is 5.82 Å². The Balaban J connectivity index is 1.64. The summed E-state index contributed by atoms with van der Waals surface area (Å²) in [6.07, 6.45) is 5.52. The SMILES string of the molecule is Fc1ccc(CNc2cccc(Cn3ccnc3)c2)cc1. The highest BCUT2D eigenvalue weighted by Gasteiger charge is 1.98. The summed E-state index contributed by atoms with van der Waals surface area (Å²) < 4.78 is 14.9. The van der Waals surface area contributed by atoms with E-state index in [9.17, 15) is 4.39 Å². The van der Waals surface area contributed by atoms with Crippen LogP contribution in [0.1, 0.15) is 11.1 Å². The molecule has 1 aromatic heterocycles. The molecule has 0 aliphatic carbocycles. The van der Waals surface area contributed by atoms with E-state index >= 15 is 0 Å². The number of imidazole rings is 1. The highest BCUT2D eigenvalue weighted by atomic mass is 19.1. The molecule has 3 nitrogen and oxygen atoms in total. The fourth-order valence-electron chi connectivity index (χ4n) is 2.18. The van der Waals surface area contributed by atoms with Gasteiger partial charge in [0, 0.05) is 31.2 Å². The molecule has 0 fully saturated rings. The average Bonchev–Trinajstić information content (AvgIpc) is 3.00. The molecule has 0 aliphatic heterocycles. The lowest BCUT2D eigenvalue weighted by Crippen LogP contribution is -2.01. The van der Waals surface area contributed by atoms with E-state index in [0.717, 1.165) is 17.8 Å². The van der Waals surface area contributed by atoms with E-state index < -0.39 is 0 Å². The van der Waals surface area contributed by atoms with Gasteiger partial charge in [-0.25, -0.2) is 9.37 Å². The van der Waals surface area contributed by atoms with Gasteiger partial charge in [0.25, 0.3) is 0 Å². The van der Waals surface area contributed by atoms with Crippen molar-refractivity contribution in [2.24, 2.45) is 0 Å². The van der Waals surface area contributed by atoms with Crippen LogP contribution in [0.3, 0.4) is 0 Å². The summed E-state index contributed by atoms with van der Waals surface area (Å²) in [7, 11) is 0. The molecule has 4 heteroatoms. The molecule has 1 N–H and O–H groups in total. The minimum Gasteiger partial charge on any atom is -0.381 e. The molecule has 1 heterocycles. The lowest BCUT2D eigenvalue weighted by Gasteiger charge is -2.09. The number of hydrogen-bond donors (Lipinski definition) is 1. The molecule has 0 saturated heterocycles. The number of anilines is 1. The molecule has 0 radical (unpaired) electrons. The molecular formula is C17H16FN3. The predicted molar refractivity (Wildman–Crippen MR) is 81.5 cm³/mol. The Morgan fingerprint density at radius 1 is 1.05 bits per heavy atom. The fourth-order valence-corrected chi connectivity index (χ4v) is 2.18. The van der Waals surface area contributed by atoms with Crippen LogP contribution in [-0.4, -0.2) is 9.55 Å². The third kappa shape index (κ3) is 3.69.